The van der Waals surface area contributed by atoms with E-state index >= 15 is 0 Å². The fourth-order valence-electron chi connectivity index (χ4n) is 2.54. The lowest BCUT2D eigenvalue weighted by Crippen LogP contribution is -2.08. The van der Waals surface area contributed by atoms with E-state index in [-0.39, 0.29) is 39.1 Å². The Morgan fingerprint density at radius 1 is 1.12 bits per heavy atom. The minimum atomic E-state index is -2.94. The van der Waals surface area contributed by atoms with Crippen molar-refractivity contribution in [1.82, 2.24) is 4.98 Å². The molecule has 2 rings (SSSR count). The number of ether oxygens (including phenoxy) is 3. The van der Waals surface area contributed by atoms with E-state index in [1.807, 2.05) is 0 Å². The van der Waals surface area contributed by atoms with Gasteiger partial charge >= 0.3 is 0 Å². The van der Waals surface area contributed by atoms with Crippen molar-refractivity contribution < 1.29 is 27.8 Å². The maximum Gasteiger partial charge on any atom is 0.272 e. The summed E-state index contributed by atoms with van der Waals surface area (Å²) in [6, 6.07) is 5.77. The van der Waals surface area contributed by atoms with Gasteiger partial charge in [0.25, 0.3) is 5.92 Å². The standard InChI is InChI=1S/C22H22Cl3F2NO4/c1-14(29)17-11-16(30-10-7-19(24)25)12-18(23)21(17)32-9-4-3-8-31-20-6-5-15(13-28-20)22(2,26)27/h5-7,11-13H,3-4,8-10H2,1-2H3. The molecule has 0 fully saturated rings. The lowest BCUT2D eigenvalue weighted by atomic mass is 10.1. The summed E-state index contributed by atoms with van der Waals surface area (Å²) in [7, 11) is 0. The molecule has 0 bridgehead atoms. The van der Waals surface area contributed by atoms with Gasteiger partial charge in [0.1, 0.15) is 22.6 Å². The molecule has 0 atom stereocenters. The maximum atomic E-state index is 13.2. The van der Waals surface area contributed by atoms with Crippen LogP contribution in [-0.2, 0) is 5.92 Å². The summed E-state index contributed by atoms with van der Waals surface area (Å²) in [6.45, 7) is 2.95. The highest BCUT2D eigenvalue weighted by Gasteiger charge is 2.24. The van der Waals surface area contributed by atoms with Crippen LogP contribution in [0, 0.1) is 0 Å². The van der Waals surface area contributed by atoms with Gasteiger partial charge in [-0.05, 0) is 38.0 Å². The number of unbranched alkanes of at least 4 members (excludes halogenated alkanes) is 1. The predicted molar refractivity (Wildman–Crippen MR) is 121 cm³/mol. The second kappa shape index (κ2) is 12.2. The molecule has 0 saturated heterocycles. The molecule has 5 nitrogen and oxygen atoms in total. The Hall–Kier alpha value is -2.09. The first kappa shape index (κ1) is 26.2. The van der Waals surface area contributed by atoms with Crippen LogP contribution in [-0.4, -0.2) is 30.6 Å². The normalized spacial score (nSPS) is 11.1. The second-order valence-electron chi connectivity index (χ2n) is 6.82. The van der Waals surface area contributed by atoms with Crippen molar-refractivity contribution in [2.24, 2.45) is 0 Å². The Morgan fingerprint density at radius 3 is 2.38 bits per heavy atom. The van der Waals surface area contributed by atoms with Crippen LogP contribution >= 0.6 is 34.8 Å². The number of halogens is 5. The number of rotatable bonds is 12. The van der Waals surface area contributed by atoms with Gasteiger partial charge in [-0.25, -0.2) is 13.8 Å². The summed E-state index contributed by atoms with van der Waals surface area (Å²) in [6.07, 6.45) is 3.78. The molecule has 32 heavy (non-hydrogen) atoms. The average molecular weight is 509 g/mol. The van der Waals surface area contributed by atoms with E-state index in [0.717, 1.165) is 13.1 Å². The third kappa shape index (κ3) is 8.45. The number of alkyl halides is 2. The zero-order valence-corrected chi connectivity index (χ0v) is 19.7. The number of ketones is 1. The highest BCUT2D eigenvalue weighted by molar-refractivity contribution is 6.55. The molecule has 0 saturated carbocycles. The molecule has 0 N–H and O–H groups in total. The minimum absolute atomic E-state index is 0.0714. The summed E-state index contributed by atoms with van der Waals surface area (Å²) in [5.41, 5.74) is 0.119. The van der Waals surface area contributed by atoms with E-state index in [1.54, 1.807) is 0 Å². The van der Waals surface area contributed by atoms with Gasteiger partial charge in [-0.3, -0.25) is 4.79 Å². The molecule has 2 aromatic rings. The van der Waals surface area contributed by atoms with Gasteiger partial charge in [-0.1, -0.05) is 34.8 Å². The number of pyridine rings is 1. The summed E-state index contributed by atoms with van der Waals surface area (Å²) in [5, 5.41) is 0.238. The number of carbonyl (C=O) groups is 1. The molecule has 0 aliphatic heterocycles. The predicted octanol–water partition coefficient (Wildman–Crippen LogP) is 6.99. The van der Waals surface area contributed by atoms with Crippen LogP contribution in [0.1, 0.15) is 42.6 Å². The van der Waals surface area contributed by atoms with Crippen molar-refractivity contribution in [3.05, 3.63) is 57.2 Å². The van der Waals surface area contributed by atoms with E-state index in [1.165, 1.54) is 37.3 Å². The monoisotopic (exact) mass is 507 g/mol. The highest BCUT2D eigenvalue weighted by Crippen LogP contribution is 2.34. The van der Waals surface area contributed by atoms with Crippen molar-refractivity contribution in [2.45, 2.75) is 32.6 Å². The zero-order valence-electron chi connectivity index (χ0n) is 17.5. The van der Waals surface area contributed by atoms with Crippen LogP contribution in [0.5, 0.6) is 17.4 Å². The van der Waals surface area contributed by atoms with E-state index in [4.69, 9.17) is 49.0 Å². The number of Topliss-reactive ketones (excluding diaryl/α,β-unsaturated/α-hetero) is 1. The quantitative estimate of drug-likeness (QED) is 0.228. The summed E-state index contributed by atoms with van der Waals surface area (Å²) in [4.78, 5) is 15.9. The summed E-state index contributed by atoms with van der Waals surface area (Å²) in [5.74, 6) is -2.25. The summed E-state index contributed by atoms with van der Waals surface area (Å²) >= 11 is 17.4. The molecule has 1 aromatic heterocycles. The van der Waals surface area contributed by atoms with Crippen LogP contribution in [0.25, 0.3) is 0 Å². The maximum absolute atomic E-state index is 13.2. The number of aromatic nitrogens is 1. The molecule has 0 amide bonds. The van der Waals surface area contributed by atoms with Crippen LogP contribution in [0.15, 0.2) is 41.0 Å². The molecule has 1 aromatic carbocycles. The Labute approximate surface area is 200 Å². The molecule has 0 radical (unpaired) electrons. The van der Waals surface area contributed by atoms with E-state index < -0.39 is 5.92 Å². The largest absolute Gasteiger partial charge is 0.491 e. The third-order valence-corrected chi connectivity index (χ3v) is 4.75. The van der Waals surface area contributed by atoms with Crippen molar-refractivity contribution >= 4 is 40.6 Å². The van der Waals surface area contributed by atoms with Crippen LogP contribution in [0.3, 0.4) is 0 Å². The van der Waals surface area contributed by atoms with Crippen molar-refractivity contribution in [2.75, 3.05) is 19.8 Å². The number of benzene rings is 1. The molecule has 174 valence electrons. The Balaban J connectivity index is 1.84. The third-order valence-electron chi connectivity index (χ3n) is 4.16. The first-order chi connectivity index (χ1) is 15.1. The van der Waals surface area contributed by atoms with E-state index in [9.17, 15) is 13.6 Å². The first-order valence-electron chi connectivity index (χ1n) is 9.66. The Morgan fingerprint density at radius 2 is 1.81 bits per heavy atom. The zero-order chi connectivity index (χ0) is 23.7. The van der Waals surface area contributed by atoms with Gasteiger partial charge in [0.05, 0.1) is 23.8 Å². The average Bonchev–Trinajstić information content (AvgIpc) is 2.70. The lowest BCUT2D eigenvalue weighted by molar-refractivity contribution is 0.0170. The van der Waals surface area contributed by atoms with Crippen molar-refractivity contribution in [1.29, 1.82) is 0 Å². The van der Waals surface area contributed by atoms with Crippen molar-refractivity contribution in [3.63, 3.8) is 0 Å². The van der Waals surface area contributed by atoms with E-state index in [2.05, 4.69) is 4.98 Å². The number of nitrogens with zero attached hydrogens (tertiary/aromatic N) is 1. The molecule has 0 aliphatic rings. The SMILES string of the molecule is CC(=O)c1cc(OCC=C(Cl)Cl)cc(Cl)c1OCCCCOc1ccc(C(C)(F)F)cn1. The molecular formula is C22H22Cl3F2NO4. The van der Waals surface area contributed by atoms with Crippen LogP contribution in [0.2, 0.25) is 5.02 Å². The van der Waals surface area contributed by atoms with Gasteiger partial charge in [-0.15, -0.1) is 0 Å². The molecule has 0 unspecified atom stereocenters. The van der Waals surface area contributed by atoms with Gasteiger partial charge in [0.2, 0.25) is 5.88 Å². The fraction of sp³-hybridized carbons (Fsp3) is 0.364. The fourth-order valence-corrected chi connectivity index (χ4v) is 2.93. The topological polar surface area (TPSA) is 57.7 Å². The van der Waals surface area contributed by atoms with Crippen LogP contribution in [0.4, 0.5) is 8.78 Å². The summed E-state index contributed by atoms with van der Waals surface area (Å²) < 4.78 is 43.1. The second-order valence-corrected chi connectivity index (χ2v) is 8.24. The highest BCUT2D eigenvalue weighted by atomic mass is 35.5. The van der Waals surface area contributed by atoms with E-state index in [0.29, 0.717) is 37.4 Å². The molecule has 1 heterocycles. The van der Waals surface area contributed by atoms with Crippen LogP contribution < -0.4 is 14.2 Å². The van der Waals surface area contributed by atoms with Gasteiger partial charge in [0, 0.05) is 30.8 Å². The van der Waals surface area contributed by atoms with Gasteiger partial charge < -0.3 is 14.2 Å². The number of hydrogen-bond donors (Lipinski definition) is 0. The first-order valence-corrected chi connectivity index (χ1v) is 10.8. The molecule has 10 heteroatoms. The molecule has 0 spiro atoms. The van der Waals surface area contributed by atoms with Gasteiger partial charge in [0.15, 0.2) is 5.78 Å². The minimum Gasteiger partial charge on any atom is -0.491 e. The Bertz CT molecular complexity index is 943. The number of carbonyl (C=O) groups excluding carboxylic acids is 1. The molecular weight excluding hydrogens is 487 g/mol. The van der Waals surface area contributed by atoms with Gasteiger partial charge in [-0.2, -0.15) is 0 Å². The molecule has 0 aliphatic carbocycles. The smallest absolute Gasteiger partial charge is 0.272 e. The lowest BCUT2D eigenvalue weighted by Gasteiger charge is -2.14. The Kier molecular flexibility index (Phi) is 10.0. The van der Waals surface area contributed by atoms with Crippen molar-refractivity contribution in [3.8, 4) is 17.4 Å². The number of hydrogen-bond acceptors (Lipinski definition) is 5.